The average molecular weight is 584 g/mol. The molecule has 14 heteroatoms. The van der Waals surface area contributed by atoms with Crippen molar-refractivity contribution >= 4 is 39.8 Å². The molecule has 0 unspecified atom stereocenters. The van der Waals surface area contributed by atoms with Crippen molar-refractivity contribution in [2.24, 2.45) is 0 Å². The minimum atomic E-state index is -4.60. The maximum atomic E-state index is 13.1. The maximum Gasteiger partial charge on any atom is 0.417 e. The molecule has 1 fully saturated rings. The summed E-state index contributed by atoms with van der Waals surface area (Å²) in [5.41, 5.74) is 0.419. The standard InChI is InChI=1S/C27H24F3N7O3S/c1-15(2)23-20(10-17(11-31-23)27(28,29)30)36-24(39)35-18-12-32-25(33-13-18)40-19-7-5-16(6-8-19)21-14-34-26(41-21)37-9-3-4-22(37)38/h5-8,10-15H,3-4,9H2,1-2H3,(H2,35,36,39). The normalized spacial score (nSPS) is 13.5. The minimum absolute atomic E-state index is 0.0282. The Bertz CT molecular complexity index is 1560. The van der Waals surface area contributed by atoms with Crippen LogP contribution in [0.3, 0.4) is 0 Å². The van der Waals surface area contributed by atoms with E-state index in [1.807, 2.05) is 12.1 Å². The Morgan fingerprint density at radius 2 is 1.76 bits per heavy atom. The van der Waals surface area contributed by atoms with Gasteiger partial charge in [-0.2, -0.15) is 13.2 Å². The molecule has 4 aromatic rings. The first-order valence-corrected chi connectivity index (χ1v) is 13.4. The maximum absolute atomic E-state index is 13.1. The number of thiazole rings is 1. The molecule has 0 bridgehead atoms. The lowest BCUT2D eigenvalue weighted by Gasteiger charge is -2.16. The van der Waals surface area contributed by atoms with Crippen LogP contribution in [0.5, 0.6) is 11.8 Å². The van der Waals surface area contributed by atoms with E-state index in [1.54, 1.807) is 37.1 Å². The molecule has 3 aromatic heterocycles. The number of aromatic nitrogens is 4. The van der Waals surface area contributed by atoms with Crippen molar-refractivity contribution in [1.82, 2.24) is 19.9 Å². The smallest absolute Gasteiger partial charge is 0.417 e. The van der Waals surface area contributed by atoms with E-state index in [1.165, 1.54) is 23.7 Å². The Labute approximate surface area is 236 Å². The zero-order valence-corrected chi connectivity index (χ0v) is 22.7. The Kier molecular flexibility index (Phi) is 7.83. The number of benzene rings is 1. The number of carbonyl (C=O) groups is 2. The molecule has 1 aliphatic heterocycles. The number of rotatable bonds is 7. The number of carbonyl (C=O) groups excluding carboxylic acids is 2. The number of nitrogens with one attached hydrogen (secondary N) is 2. The van der Waals surface area contributed by atoms with Crippen LogP contribution >= 0.6 is 11.3 Å². The van der Waals surface area contributed by atoms with Crippen molar-refractivity contribution < 1.29 is 27.5 Å². The second-order valence-electron chi connectivity index (χ2n) is 9.43. The number of ether oxygens (including phenoxy) is 1. The Hall–Kier alpha value is -4.59. The molecule has 4 heterocycles. The molecule has 0 saturated carbocycles. The van der Waals surface area contributed by atoms with E-state index in [0.717, 1.165) is 29.1 Å². The van der Waals surface area contributed by atoms with Crippen molar-refractivity contribution in [1.29, 1.82) is 0 Å². The van der Waals surface area contributed by atoms with Gasteiger partial charge < -0.3 is 15.4 Å². The van der Waals surface area contributed by atoms with Crippen molar-refractivity contribution in [2.45, 2.75) is 38.8 Å². The second-order valence-corrected chi connectivity index (χ2v) is 10.4. The van der Waals surface area contributed by atoms with Crippen LogP contribution in [-0.4, -0.2) is 38.4 Å². The van der Waals surface area contributed by atoms with Crippen LogP contribution in [0.2, 0.25) is 0 Å². The van der Waals surface area contributed by atoms with Crippen molar-refractivity contribution in [3.63, 3.8) is 0 Å². The van der Waals surface area contributed by atoms with E-state index in [9.17, 15) is 22.8 Å². The third-order valence-electron chi connectivity index (χ3n) is 6.07. The average Bonchev–Trinajstić information content (AvgIpc) is 3.58. The third-order valence-corrected chi connectivity index (χ3v) is 7.14. The number of alkyl halides is 3. The van der Waals surface area contributed by atoms with Gasteiger partial charge in [0, 0.05) is 25.4 Å². The zero-order chi connectivity index (χ0) is 29.1. The van der Waals surface area contributed by atoms with Crippen LogP contribution < -0.4 is 20.3 Å². The largest absolute Gasteiger partial charge is 0.424 e. The van der Waals surface area contributed by atoms with Gasteiger partial charge in [0.05, 0.1) is 39.9 Å². The molecule has 10 nitrogen and oxygen atoms in total. The molecule has 2 N–H and O–H groups in total. The second kappa shape index (κ2) is 11.5. The van der Waals surface area contributed by atoms with Gasteiger partial charge in [0.25, 0.3) is 0 Å². The summed E-state index contributed by atoms with van der Waals surface area (Å²) in [5.74, 6) is 0.344. The van der Waals surface area contributed by atoms with Crippen molar-refractivity contribution in [2.75, 3.05) is 22.1 Å². The summed E-state index contributed by atoms with van der Waals surface area (Å²) in [7, 11) is 0. The zero-order valence-electron chi connectivity index (χ0n) is 21.9. The van der Waals surface area contributed by atoms with Crippen LogP contribution in [0, 0.1) is 0 Å². The van der Waals surface area contributed by atoms with Crippen LogP contribution in [0.4, 0.5) is 34.5 Å². The molecule has 5 rings (SSSR count). The highest BCUT2D eigenvalue weighted by atomic mass is 32.1. The van der Waals surface area contributed by atoms with Gasteiger partial charge in [-0.3, -0.25) is 14.7 Å². The summed E-state index contributed by atoms with van der Waals surface area (Å²) >= 11 is 1.44. The van der Waals surface area contributed by atoms with Gasteiger partial charge in [0.1, 0.15) is 5.75 Å². The summed E-state index contributed by atoms with van der Waals surface area (Å²) in [6.07, 6.45) is 1.88. The fraction of sp³-hybridized carbons (Fsp3) is 0.259. The van der Waals surface area contributed by atoms with Gasteiger partial charge >= 0.3 is 18.2 Å². The number of hydrogen-bond acceptors (Lipinski definition) is 8. The summed E-state index contributed by atoms with van der Waals surface area (Å²) < 4.78 is 45.1. The predicted octanol–water partition coefficient (Wildman–Crippen LogP) is 6.70. The van der Waals surface area contributed by atoms with Crippen LogP contribution in [-0.2, 0) is 11.0 Å². The molecule has 1 saturated heterocycles. The van der Waals surface area contributed by atoms with Gasteiger partial charge in [0.2, 0.25) is 5.91 Å². The van der Waals surface area contributed by atoms with Gasteiger partial charge in [-0.25, -0.2) is 19.7 Å². The van der Waals surface area contributed by atoms with Crippen molar-refractivity contribution in [3.05, 3.63) is 66.4 Å². The predicted molar refractivity (Wildman–Crippen MR) is 147 cm³/mol. The first kappa shape index (κ1) is 28.0. The SMILES string of the molecule is CC(C)c1ncc(C(F)(F)F)cc1NC(=O)Nc1cnc(Oc2ccc(-c3cnc(N4CCCC4=O)s3)cc2)nc1. The number of hydrogen-bond donors (Lipinski definition) is 2. The number of anilines is 3. The lowest BCUT2D eigenvalue weighted by molar-refractivity contribution is -0.137. The Balaban J connectivity index is 1.19. The first-order chi connectivity index (χ1) is 19.6. The number of pyridine rings is 1. The summed E-state index contributed by atoms with van der Waals surface area (Å²) in [6.45, 7) is 4.20. The topological polar surface area (TPSA) is 122 Å². The van der Waals surface area contributed by atoms with Crippen molar-refractivity contribution in [3.8, 4) is 22.2 Å². The molecule has 1 aliphatic rings. The highest BCUT2D eigenvalue weighted by Crippen LogP contribution is 2.35. The van der Waals surface area contributed by atoms with E-state index in [4.69, 9.17) is 4.74 Å². The van der Waals surface area contributed by atoms with E-state index in [-0.39, 0.29) is 29.2 Å². The molecule has 212 valence electrons. The number of halogens is 3. The summed E-state index contributed by atoms with van der Waals surface area (Å²) in [6, 6.07) is 7.30. The quantitative estimate of drug-likeness (QED) is 0.248. The van der Waals surface area contributed by atoms with E-state index < -0.39 is 17.8 Å². The van der Waals surface area contributed by atoms with Crippen LogP contribution in [0.15, 0.2) is 55.1 Å². The Morgan fingerprint density at radius 1 is 1.02 bits per heavy atom. The van der Waals surface area contributed by atoms with Gasteiger partial charge in [-0.1, -0.05) is 25.2 Å². The molecule has 0 radical (unpaired) electrons. The molecule has 0 spiro atoms. The van der Waals surface area contributed by atoms with E-state index in [2.05, 4.69) is 30.6 Å². The molecular weight excluding hydrogens is 559 g/mol. The Morgan fingerprint density at radius 3 is 2.39 bits per heavy atom. The number of urea groups is 1. The fourth-order valence-corrected chi connectivity index (χ4v) is 5.04. The van der Waals surface area contributed by atoms with Gasteiger partial charge in [0.15, 0.2) is 5.13 Å². The highest BCUT2D eigenvalue weighted by molar-refractivity contribution is 7.19. The molecular formula is C27H24F3N7O3S. The lowest BCUT2D eigenvalue weighted by atomic mass is 10.1. The fourth-order valence-electron chi connectivity index (χ4n) is 4.07. The summed E-state index contributed by atoms with van der Waals surface area (Å²) in [5, 5.41) is 5.60. The number of amides is 3. The van der Waals surface area contributed by atoms with E-state index in [0.29, 0.717) is 29.5 Å². The molecule has 0 atom stereocenters. The van der Waals surface area contributed by atoms with Gasteiger partial charge in [-0.05, 0) is 48.2 Å². The summed E-state index contributed by atoms with van der Waals surface area (Å²) in [4.78, 5) is 43.5. The molecule has 0 aliphatic carbocycles. The molecule has 41 heavy (non-hydrogen) atoms. The van der Waals surface area contributed by atoms with Crippen LogP contribution in [0.1, 0.15) is 43.9 Å². The van der Waals surface area contributed by atoms with Gasteiger partial charge in [-0.15, -0.1) is 0 Å². The lowest BCUT2D eigenvalue weighted by Crippen LogP contribution is -2.23. The monoisotopic (exact) mass is 583 g/mol. The van der Waals surface area contributed by atoms with E-state index >= 15 is 0 Å². The first-order valence-electron chi connectivity index (χ1n) is 12.6. The van der Waals surface area contributed by atoms with Crippen LogP contribution in [0.25, 0.3) is 10.4 Å². The number of nitrogens with zero attached hydrogens (tertiary/aromatic N) is 5. The minimum Gasteiger partial charge on any atom is -0.424 e. The highest BCUT2D eigenvalue weighted by Gasteiger charge is 2.32. The third kappa shape index (κ3) is 6.60. The molecule has 3 amide bonds. The molecule has 1 aromatic carbocycles.